The molecule has 0 bridgehead atoms. The summed E-state index contributed by atoms with van der Waals surface area (Å²) in [4.78, 5) is 0. The Labute approximate surface area is 117 Å². The van der Waals surface area contributed by atoms with Gasteiger partial charge in [0.15, 0.2) is 0 Å². The Bertz CT molecular complexity index is 421. The van der Waals surface area contributed by atoms with Crippen molar-refractivity contribution in [1.29, 1.82) is 0 Å². The lowest BCUT2D eigenvalue weighted by atomic mass is 9.63. The van der Waals surface area contributed by atoms with E-state index >= 15 is 0 Å². The highest BCUT2D eigenvalue weighted by atomic mass is 16.3. The summed E-state index contributed by atoms with van der Waals surface area (Å²) in [7, 11) is 0. The Kier molecular flexibility index (Phi) is 3.91. The van der Waals surface area contributed by atoms with Gasteiger partial charge in [-0.05, 0) is 47.8 Å². The lowest BCUT2D eigenvalue weighted by Crippen LogP contribution is -2.40. The standard InChI is InChI=1S/C17H27NO/c1-16(2)9-15(10-17(3,4)12-16)18-14-7-5-6-13(8-14)11-19/h5-8,15,18-19H,9-12H2,1-4H3. The molecule has 1 aliphatic carbocycles. The second kappa shape index (κ2) is 5.16. The van der Waals surface area contributed by atoms with Crippen molar-refractivity contribution in [3.05, 3.63) is 29.8 Å². The lowest BCUT2D eigenvalue weighted by molar-refractivity contribution is 0.105. The van der Waals surface area contributed by atoms with Crippen LogP contribution in [0.2, 0.25) is 0 Å². The van der Waals surface area contributed by atoms with Gasteiger partial charge in [-0.15, -0.1) is 0 Å². The first-order valence-electron chi connectivity index (χ1n) is 7.26. The fourth-order valence-corrected chi connectivity index (χ4v) is 3.94. The lowest BCUT2D eigenvalue weighted by Gasteiger charge is -2.45. The van der Waals surface area contributed by atoms with E-state index in [-0.39, 0.29) is 6.61 Å². The predicted octanol–water partition coefficient (Wildman–Crippen LogP) is 4.20. The van der Waals surface area contributed by atoms with Gasteiger partial charge in [-0.25, -0.2) is 0 Å². The molecule has 1 aromatic rings. The summed E-state index contributed by atoms with van der Waals surface area (Å²) in [5.74, 6) is 0. The normalized spacial score (nSPS) is 22.2. The number of hydrogen-bond donors (Lipinski definition) is 2. The molecule has 1 aliphatic rings. The Morgan fingerprint density at radius 2 is 1.79 bits per heavy atom. The van der Waals surface area contributed by atoms with Crippen LogP contribution in [0, 0.1) is 10.8 Å². The van der Waals surface area contributed by atoms with Crippen molar-refractivity contribution >= 4 is 5.69 Å². The van der Waals surface area contributed by atoms with Crippen molar-refractivity contribution < 1.29 is 5.11 Å². The quantitative estimate of drug-likeness (QED) is 0.855. The number of benzene rings is 1. The molecule has 2 N–H and O–H groups in total. The molecule has 106 valence electrons. The van der Waals surface area contributed by atoms with Crippen LogP contribution in [0.5, 0.6) is 0 Å². The molecule has 2 nitrogen and oxygen atoms in total. The van der Waals surface area contributed by atoms with E-state index in [2.05, 4.69) is 45.1 Å². The highest BCUT2D eigenvalue weighted by Crippen LogP contribution is 2.46. The maximum atomic E-state index is 9.21. The van der Waals surface area contributed by atoms with E-state index in [1.165, 1.54) is 19.3 Å². The summed E-state index contributed by atoms with van der Waals surface area (Å²) in [6.07, 6.45) is 3.70. The second-order valence-electron chi connectivity index (χ2n) is 7.61. The number of rotatable bonds is 3. The zero-order valence-corrected chi connectivity index (χ0v) is 12.7. The molecule has 1 saturated carbocycles. The molecule has 19 heavy (non-hydrogen) atoms. The Hall–Kier alpha value is -1.02. The average molecular weight is 261 g/mol. The van der Waals surface area contributed by atoms with E-state index in [9.17, 15) is 5.11 Å². The minimum Gasteiger partial charge on any atom is -0.392 e. The molecule has 0 amide bonds. The Balaban J connectivity index is 2.09. The summed E-state index contributed by atoms with van der Waals surface area (Å²) in [6.45, 7) is 9.58. The molecule has 0 aromatic heterocycles. The van der Waals surface area contributed by atoms with Crippen LogP contribution in [0.25, 0.3) is 0 Å². The average Bonchev–Trinajstić information content (AvgIpc) is 2.24. The largest absolute Gasteiger partial charge is 0.392 e. The van der Waals surface area contributed by atoms with Crippen molar-refractivity contribution in [3.63, 3.8) is 0 Å². The highest BCUT2D eigenvalue weighted by Gasteiger charge is 2.38. The van der Waals surface area contributed by atoms with Crippen LogP contribution in [-0.2, 0) is 6.61 Å². The van der Waals surface area contributed by atoms with Crippen LogP contribution < -0.4 is 5.32 Å². The van der Waals surface area contributed by atoms with Crippen LogP contribution in [-0.4, -0.2) is 11.1 Å². The van der Waals surface area contributed by atoms with Gasteiger partial charge < -0.3 is 10.4 Å². The first-order valence-corrected chi connectivity index (χ1v) is 7.26. The van der Waals surface area contributed by atoms with E-state index in [1.807, 2.05) is 12.1 Å². The molecule has 0 aliphatic heterocycles. The van der Waals surface area contributed by atoms with Crippen molar-refractivity contribution in [3.8, 4) is 0 Å². The summed E-state index contributed by atoms with van der Waals surface area (Å²) in [6, 6.07) is 8.63. The first-order chi connectivity index (χ1) is 8.80. The number of nitrogens with one attached hydrogen (secondary N) is 1. The summed E-state index contributed by atoms with van der Waals surface area (Å²) >= 11 is 0. The molecular formula is C17H27NO. The Morgan fingerprint density at radius 1 is 1.16 bits per heavy atom. The van der Waals surface area contributed by atoms with Gasteiger partial charge in [-0.1, -0.05) is 39.8 Å². The zero-order chi connectivity index (χ0) is 14.1. The fraction of sp³-hybridized carbons (Fsp3) is 0.647. The Morgan fingerprint density at radius 3 is 2.37 bits per heavy atom. The predicted molar refractivity (Wildman–Crippen MR) is 81.2 cm³/mol. The van der Waals surface area contributed by atoms with E-state index in [0.29, 0.717) is 16.9 Å². The maximum absolute atomic E-state index is 9.21. The van der Waals surface area contributed by atoms with E-state index in [1.54, 1.807) is 0 Å². The summed E-state index contributed by atoms with van der Waals surface area (Å²) in [5.41, 5.74) is 2.89. The van der Waals surface area contributed by atoms with Gasteiger partial charge in [0.2, 0.25) is 0 Å². The van der Waals surface area contributed by atoms with Gasteiger partial charge >= 0.3 is 0 Å². The number of anilines is 1. The minimum atomic E-state index is 0.108. The van der Waals surface area contributed by atoms with Gasteiger partial charge in [-0.3, -0.25) is 0 Å². The molecule has 0 saturated heterocycles. The van der Waals surface area contributed by atoms with Crippen LogP contribution in [0.15, 0.2) is 24.3 Å². The molecule has 2 rings (SSSR count). The molecule has 1 aromatic carbocycles. The molecule has 0 unspecified atom stereocenters. The van der Waals surface area contributed by atoms with Gasteiger partial charge in [-0.2, -0.15) is 0 Å². The highest BCUT2D eigenvalue weighted by molar-refractivity contribution is 5.46. The smallest absolute Gasteiger partial charge is 0.0682 e. The molecule has 0 heterocycles. The van der Waals surface area contributed by atoms with Crippen molar-refractivity contribution in [2.75, 3.05) is 5.32 Å². The topological polar surface area (TPSA) is 32.3 Å². The third-order valence-corrected chi connectivity index (χ3v) is 4.04. The zero-order valence-electron chi connectivity index (χ0n) is 12.7. The third kappa shape index (κ3) is 3.97. The summed E-state index contributed by atoms with van der Waals surface area (Å²) < 4.78 is 0. The summed E-state index contributed by atoms with van der Waals surface area (Å²) in [5, 5.41) is 12.9. The molecular weight excluding hydrogens is 234 g/mol. The van der Waals surface area contributed by atoms with Crippen LogP contribution in [0.1, 0.15) is 52.5 Å². The first kappa shape index (κ1) is 14.4. The number of aliphatic hydroxyl groups excluding tert-OH is 1. The van der Waals surface area contributed by atoms with Crippen molar-refractivity contribution in [2.45, 2.75) is 59.6 Å². The molecule has 1 fully saturated rings. The van der Waals surface area contributed by atoms with Crippen LogP contribution in [0.4, 0.5) is 5.69 Å². The number of hydrogen-bond acceptors (Lipinski definition) is 2. The van der Waals surface area contributed by atoms with Crippen molar-refractivity contribution in [2.24, 2.45) is 10.8 Å². The van der Waals surface area contributed by atoms with Crippen LogP contribution in [0.3, 0.4) is 0 Å². The minimum absolute atomic E-state index is 0.108. The van der Waals surface area contributed by atoms with Crippen molar-refractivity contribution in [1.82, 2.24) is 0 Å². The van der Waals surface area contributed by atoms with Gasteiger partial charge in [0.05, 0.1) is 6.61 Å². The SMILES string of the molecule is CC1(C)CC(Nc2cccc(CO)c2)CC(C)(C)C1. The molecule has 0 spiro atoms. The molecule has 0 radical (unpaired) electrons. The van der Waals surface area contributed by atoms with E-state index in [4.69, 9.17) is 0 Å². The van der Waals surface area contributed by atoms with Gasteiger partial charge in [0, 0.05) is 11.7 Å². The fourth-order valence-electron chi connectivity index (χ4n) is 3.94. The van der Waals surface area contributed by atoms with Gasteiger partial charge in [0.1, 0.15) is 0 Å². The number of aliphatic hydroxyl groups is 1. The van der Waals surface area contributed by atoms with E-state index < -0.39 is 0 Å². The third-order valence-electron chi connectivity index (χ3n) is 4.04. The maximum Gasteiger partial charge on any atom is 0.0682 e. The monoisotopic (exact) mass is 261 g/mol. The van der Waals surface area contributed by atoms with E-state index in [0.717, 1.165) is 11.3 Å². The second-order valence-corrected chi connectivity index (χ2v) is 7.61. The van der Waals surface area contributed by atoms with Crippen LogP contribution >= 0.6 is 0 Å². The molecule has 2 heteroatoms. The van der Waals surface area contributed by atoms with Gasteiger partial charge in [0.25, 0.3) is 0 Å². The molecule has 0 atom stereocenters.